The first-order valence-corrected chi connectivity index (χ1v) is 7.05. The second-order valence-corrected chi connectivity index (χ2v) is 4.91. The molecule has 2 aromatic carbocycles. The second-order valence-electron chi connectivity index (χ2n) is 4.91. The number of aliphatic hydroxyl groups is 1. The van der Waals surface area contributed by atoms with Crippen molar-refractivity contribution in [2.45, 2.75) is 32.8 Å². The maximum absolute atomic E-state index is 12.2. The number of ketones is 1. The van der Waals surface area contributed by atoms with Crippen LogP contribution < -0.4 is 0 Å². The van der Waals surface area contributed by atoms with Crippen LogP contribution in [0, 0.1) is 0 Å². The predicted octanol–water partition coefficient (Wildman–Crippen LogP) is 3.73. The summed E-state index contributed by atoms with van der Waals surface area (Å²) in [6, 6.07) is 15.0. The molecule has 0 fully saturated rings. The van der Waals surface area contributed by atoms with E-state index in [1.54, 1.807) is 12.1 Å². The number of hydrogen-bond acceptors (Lipinski definition) is 2. The summed E-state index contributed by atoms with van der Waals surface area (Å²) in [7, 11) is 0. The maximum Gasteiger partial charge on any atom is 0.195 e. The van der Waals surface area contributed by atoms with Crippen LogP contribution in [0.15, 0.2) is 48.5 Å². The van der Waals surface area contributed by atoms with E-state index in [4.69, 9.17) is 0 Å². The highest BCUT2D eigenvalue weighted by Crippen LogP contribution is 2.19. The molecule has 0 radical (unpaired) electrons. The minimum atomic E-state index is -1.09. The molecule has 20 heavy (non-hydrogen) atoms. The molecule has 0 bridgehead atoms. The zero-order chi connectivity index (χ0) is 14.5. The van der Waals surface area contributed by atoms with Crippen LogP contribution in [0.5, 0.6) is 0 Å². The van der Waals surface area contributed by atoms with Gasteiger partial charge in [-0.3, -0.25) is 4.79 Å². The van der Waals surface area contributed by atoms with E-state index in [-0.39, 0.29) is 5.78 Å². The topological polar surface area (TPSA) is 37.3 Å². The van der Waals surface area contributed by atoms with E-state index in [0.29, 0.717) is 11.1 Å². The fourth-order valence-corrected chi connectivity index (χ4v) is 2.15. The van der Waals surface area contributed by atoms with Crippen LogP contribution in [0.1, 0.15) is 47.0 Å². The lowest BCUT2D eigenvalue weighted by molar-refractivity contribution is 0.0747. The van der Waals surface area contributed by atoms with Crippen LogP contribution in [-0.2, 0) is 12.8 Å². The molecule has 0 aliphatic rings. The largest absolute Gasteiger partial charge is 0.380 e. The summed E-state index contributed by atoms with van der Waals surface area (Å²) in [4.78, 5) is 12.2. The van der Waals surface area contributed by atoms with Gasteiger partial charge in [0.25, 0.3) is 0 Å². The third-order valence-electron chi connectivity index (χ3n) is 3.60. The van der Waals surface area contributed by atoms with Crippen molar-refractivity contribution in [3.8, 4) is 0 Å². The van der Waals surface area contributed by atoms with E-state index < -0.39 is 6.10 Å². The SMILES string of the molecule is CCc1ccc(C(=O)[C@H](O)c2ccc(CC)cc2)cc1. The summed E-state index contributed by atoms with van der Waals surface area (Å²) in [5, 5.41) is 10.2. The highest BCUT2D eigenvalue weighted by Gasteiger charge is 2.18. The van der Waals surface area contributed by atoms with Crippen molar-refractivity contribution in [1.82, 2.24) is 0 Å². The number of hydrogen-bond donors (Lipinski definition) is 1. The Morgan fingerprint density at radius 1 is 0.900 bits per heavy atom. The molecule has 0 spiro atoms. The van der Waals surface area contributed by atoms with Crippen molar-refractivity contribution >= 4 is 5.78 Å². The summed E-state index contributed by atoms with van der Waals surface area (Å²) >= 11 is 0. The Bertz CT molecular complexity index is 567. The molecule has 1 atom stereocenters. The molecule has 0 aliphatic heterocycles. The van der Waals surface area contributed by atoms with Gasteiger partial charge in [0.2, 0.25) is 0 Å². The monoisotopic (exact) mass is 268 g/mol. The molecule has 2 heteroatoms. The Labute approximate surface area is 120 Å². The van der Waals surface area contributed by atoms with Gasteiger partial charge in [-0.1, -0.05) is 62.4 Å². The standard InChI is InChI=1S/C18H20O2/c1-3-13-5-9-15(10-6-13)17(19)18(20)16-11-7-14(4-2)8-12-16/h5-12,17,19H,3-4H2,1-2H3/t17-/m1/s1. The van der Waals surface area contributed by atoms with Gasteiger partial charge < -0.3 is 5.11 Å². The van der Waals surface area contributed by atoms with E-state index in [2.05, 4.69) is 13.8 Å². The highest BCUT2D eigenvalue weighted by atomic mass is 16.3. The van der Waals surface area contributed by atoms with Crippen LogP contribution in [0.25, 0.3) is 0 Å². The average molecular weight is 268 g/mol. The predicted molar refractivity (Wildman–Crippen MR) is 80.9 cm³/mol. The Kier molecular flexibility index (Phi) is 4.70. The number of aryl methyl sites for hydroxylation is 2. The maximum atomic E-state index is 12.2. The van der Waals surface area contributed by atoms with Crippen LogP contribution in [0.3, 0.4) is 0 Å². The van der Waals surface area contributed by atoms with E-state index in [0.717, 1.165) is 12.8 Å². The van der Waals surface area contributed by atoms with E-state index in [1.165, 1.54) is 11.1 Å². The van der Waals surface area contributed by atoms with Crippen molar-refractivity contribution in [3.63, 3.8) is 0 Å². The Hall–Kier alpha value is -1.93. The number of rotatable bonds is 5. The molecule has 104 valence electrons. The molecule has 0 amide bonds. The molecular formula is C18H20O2. The van der Waals surface area contributed by atoms with Gasteiger partial charge in [-0.25, -0.2) is 0 Å². The van der Waals surface area contributed by atoms with Crippen molar-refractivity contribution in [2.75, 3.05) is 0 Å². The first-order valence-electron chi connectivity index (χ1n) is 7.05. The Morgan fingerprint density at radius 2 is 1.35 bits per heavy atom. The van der Waals surface area contributed by atoms with Crippen molar-refractivity contribution in [2.24, 2.45) is 0 Å². The quantitative estimate of drug-likeness (QED) is 0.839. The molecule has 0 saturated heterocycles. The van der Waals surface area contributed by atoms with Crippen LogP contribution in [0.2, 0.25) is 0 Å². The van der Waals surface area contributed by atoms with Gasteiger partial charge in [0.15, 0.2) is 5.78 Å². The highest BCUT2D eigenvalue weighted by molar-refractivity contribution is 5.99. The first-order chi connectivity index (χ1) is 9.65. The Balaban J connectivity index is 2.17. The molecule has 1 N–H and O–H groups in total. The fourth-order valence-electron chi connectivity index (χ4n) is 2.15. The summed E-state index contributed by atoms with van der Waals surface area (Å²) in [5.74, 6) is -0.253. The lowest BCUT2D eigenvalue weighted by Gasteiger charge is -2.11. The van der Waals surface area contributed by atoms with Gasteiger partial charge in [-0.05, 0) is 29.5 Å². The molecule has 2 aromatic rings. The number of Topliss-reactive ketones (excluding diaryl/α,β-unsaturated/α-hetero) is 1. The van der Waals surface area contributed by atoms with Crippen molar-refractivity contribution in [1.29, 1.82) is 0 Å². The minimum Gasteiger partial charge on any atom is -0.380 e. The molecule has 2 nitrogen and oxygen atoms in total. The molecule has 0 aliphatic carbocycles. The van der Waals surface area contributed by atoms with Crippen LogP contribution in [-0.4, -0.2) is 10.9 Å². The Morgan fingerprint density at radius 3 is 1.80 bits per heavy atom. The third kappa shape index (κ3) is 3.14. The third-order valence-corrected chi connectivity index (χ3v) is 3.60. The van der Waals surface area contributed by atoms with Crippen molar-refractivity contribution in [3.05, 3.63) is 70.8 Å². The number of benzene rings is 2. The fraction of sp³-hybridized carbons (Fsp3) is 0.278. The minimum absolute atomic E-state index is 0.253. The average Bonchev–Trinajstić information content (AvgIpc) is 2.53. The van der Waals surface area contributed by atoms with Crippen LogP contribution >= 0.6 is 0 Å². The van der Waals surface area contributed by atoms with E-state index >= 15 is 0 Å². The van der Waals surface area contributed by atoms with Crippen molar-refractivity contribution < 1.29 is 9.90 Å². The number of carbonyl (C=O) groups is 1. The lowest BCUT2D eigenvalue weighted by atomic mass is 9.98. The number of aliphatic hydroxyl groups excluding tert-OH is 1. The van der Waals surface area contributed by atoms with Gasteiger partial charge in [0.05, 0.1) is 0 Å². The molecular weight excluding hydrogens is 248 g/mol. The zero-order valence-corrected chi connectivity index (χ0v) is 12.0. The molecule has 0 heterocycles. The molecule has 0 saturated carbocycles. The molecule has 0 aromatic heterocycles. The lowest BCUT2D eigenvalue weighted by Crippen LogP contribution is -2.12. The van der Waals surface area contributed by atoms with Crippen LogP contribution in [0.4, 0.5) is 0 Å². The van der Waals surface area contributed by atoms with Gasteiger partial charge in [0.1, 0.15) is 6.10 Å². The zero-order valence-electron chi connectivity index (χ0n) is 12.0. The van der Waals surface area contributed by atoms with Gasteiger partial charge >= 0.3 is 0 Å². The normalized spacial score (nSPS) is 12.2. The summed E-state index contributed by atoms with van der Waals surface area (Å²) < 4.78 is 0. The number of carbonyl (C=O) groups excluding carboxylic acids is 1. The smallest absolute Gasteiger partial charge is 0.195 e. The molecule has 0 unspecified atom stereocenters. The van der Waals surface area contributed by atoms with Gasteiger partial charge in [-0.15, -0.1) is 0 Å². The first kappa shape index (κ1) is 14.5. The second kappa shape index (κ2) is 6.49. The summed E-state index contributed by atoms with van der Waals surface area (Å²) in [5.41, 5.74) is 3.57. The van der Waals surface area contributed by atoms with Gasteiger partial charge in [0, 0.05) is 5.56 Å². The summed E-state index contributed by atoms with van der Waals surface area (Å²) in [6.45, 7) is 4.15. The summed E-state index contributed by atoms with van der Waals surface area (Å²) in [6.07, 6.45) is 0.798. The van der Waals surface area contributed by atoms with E-state index in [1.807, 2.05) is 36.4 Å². The molecule has 2 rings (SSSR count). The van der Waals surface area contributed by atoms with E-state index in [9.17, 15) is 9.90 Å². The van der Waals surface area contributed by atoms with Gasteiger partial charge in [-0.2, -0.15) is 0 Å².